The van der Waals surface area contributed by atoms with E-state index in [0.717, 1.165) is 37.7 Å². The van der Waals surface area contributed by atoms with Crippen molar-refractivity contribution in [2.24, 2.45) is 28.6 Å². The molecular weight excluding hydrogens is 664 g/mol. The van der Waals surface area contributed by atoms with Gasteiger partial charge in [-0.05, 0) is 92.6 Å². The van der Waals surface area contributed by atoms with Crippen molar-refractivity contribution >= 4 is 35.3 Å². The van der Waals surface area contributed by atoms with Gasteiger partial charge in [0.15, 0.2) is 12.4 Å². The van der Waals surface area contributed by atoms with Gasteiger partial charge in [-0.25, -0.2) is 0 Å². The highest BCUT2D eigenvalue weighted by Crippen LogP contribution is 2.67. The van der Waals surface area contributed by atoms with Crippen LogP contribution in [0.5, 0.6) is 0 Å². The Labute approximate surface area is 306 Å². The van der Waals surface area contributed by atoms with Crippen molar-refractivity contribution < 1.29 is 43.7 Å². The number of carboxylic acids is 1. The Bertz CT molecular complexity index is 1540. The highest BCUT2D eigenvalue weighted by molar-refractivity contribution is 5.92. The quantitative estimate of drug-likeness (QED) is 0.125. The molecule has 1 aromatic rings. The molecule has 52 heavy (non-hydrogen) atoms. The van der Waals surface area contributed by atoms with Crippen LogP contribution in [-0.4, -0.2) is 70.8 Å². The van der Waals surface area contributed by atoms with E-state index in [1.807, 2.05) is 43.3 Å². The van der Waals surface area contributed by atoms with Gasteiger partial charge in [-0.15, -0.1) is 0 Å². The first kappa shape index (κ1) is 39.3. The molecule has 11 heteroatoms. The summed E-state index contributed by atoms with van der Waals surface area (Å²) in [5.41, 5.74) is -0.0198. The first-order valence-electron chi connectivity index (χ1n) is 19.2. The van der Waals surface area contributed by atoms with Crippen LogP contribution in [0.1, 0.15) is 122 Å². The number of ketones is 2. The zero-order valence-electron chi connectivity index (χ0n) is 30.8. The predicted molar refractivity (Wildman–Crippen MR) is 193 cm³/mol. The normalized spacial score (nSPS) is 29.8. The van der Waals surface area contributed by atoms with E-state index in [1.165, 1.54) is 5.57 Å². The van der Waals surface area contributed by atoms with Crippen LogP contribution in [0.25, 0.3) is 0 Å². The average molecular weight is 721 g/mol. The summed E-state index contributed by atoms with van der Waals surface area (Å²) in [7, 11) is 0. The van der Waals surface area contributed by atoms with Crippen LogP contribution in [0.2, 0.25) is 0 Å². The molecule has 4 aliphatic rings. The number of allylic oxidation sites excluding steroid dienone is 1. The molecular formula is C41H56N2O9. The Balaban J connectivity index is 0.959. The number of hydrogen-bond donors (Lipinski definition) is 4. The lowest BCUT2D eigenvalue weighted by Crippen LogP contribution is -2.58. The number of carbonyl (C=O) groups excluding carboxylic acids is 5. The number of Topliss-reactive ketones (excluding diaryl/α,β-unsaturated/α-hetero) is 1. The van der Waals surface area contributed by atoms with Crippen LogP contribution >= 0.6 is 0 Å². The summed E-state index contributed by atoms with van der Waals surface area (Å²) in [4.78, 5) is 74.0. The summed E-state index contributed by atoms with van der Waals surface area (Å²) in [6.45, 7) is 4.46. The smallest absolute Gasteiger partial charge is 0.306 e. The molecule has 11 nitrogen and oxygen atoms in total. The van der Waals surface area contributed by atoms with Crippen molar-refractivity contribution in [2.75, 3.05) is 19.7 Å². The maximum atomic E-state index is 13.5. The third-order valence-corrected chi connectivity index (χ3v) is 13.1. The molecule has 0 bridgehead atoms. The van der Waals surface area contributed by atoms with Crippen LogP contribution in [0, 0.1) is 28.6 Å². The second-order valence-corrected chi connectivity index (χ2v) is 16.1. The van der Waals surface area contributed by atoms with E-state index in [1.54, 1.807) is 0 Å². The van der Waals surface area contributed by atoms with E-state index in [0.29, 0.717) is 63.3 Å². The third kappa shape index (κ3) is 8.67. The molecule has 0 radical (unpaired) electrons. The van der Waals surface area contributed by atoms with Gasteiger partial charge in [-0.2, -0.15) is 0 Å². The molecule has 0 aliphatic heterocycles. The maximum absolute atomic E-state index is 13.5. The Morgan fingerprint density at radius 2 is 1.60 bits per heavy atom. The summed E-state index contributed by atoms with van der Waals surface area (Å²) < 4.78 is 5.28. The minimum atomic E-state index is -1.56. The summed E-state index contributed by atoms with van der Waals surface area (Å²) in [6.07, 6.45) is 9.83. The minimum absolute atomic E-state index is 0.00315. The number of amides is 2. The fourth-order valence-corrected chi connectivity index (χ4v) is 10.1. The fourth-order valence-electron chi connectivity index (χ4n) is 10.1. The van der Waals surface area contributed by atoms with Gasteiger partial charge in [0, 0.05) is 43.7 Å². The lowest BCUT2D eigenvalue weighted by Gasteiger charge is -2.58. The maximum Gasteiger partial charge on any atom is 0.306 e. The topological polar surface area (TPSA) is 176 Å². The van der Waals surface area contributed by atoms with Gasteiger partial charge in [0.1, 0.15) is 5.60 Å². The number of rotatable bonds is 17. The van der Waals surface area contributed by atoms with Crippen molar-refractivity contribution in [1.29, 1.82) is 0 Å². The molecule has 7 atom stereocenters. The molecule has 3 saturated carbocycles. The zero-order chi connectivity index (χ0) is 37.5. The van der Waals surface area contributed by atoms with Crippen molar-refractivity contribution in [1.82, 2.24) is 10.6 Å². The van der Waals surface area contributed by atoms with E-state index >= 15 is 0 Å². The molecule has 0 spiro atoms. The van der Waals surface area contributed by atoms with Crippen LogP contribution in [-0.2, 0) is 33.5 Å². The second kappa shape index (κ2) is 16.9. The SMILES string of the molecule is C[C@]12CCC(=O)C=C1CC[C@@H]1[C@H]2CC[C@@]2(C)[C@@H]1CC[C@]2(O)C(=O)COC(=O)CCC(=O)NCCCCCC(=O)NC[C@H](CC(=O)O)c1ccccc1. The lowest BCUT2D eigenvalue weighted by molar-refractivity contribution is -0.170. The molecule has 0 saturated heterocycles. The van der Waals surface area contributed by atoms with Crippen LogP contribution in [0.3, 0.4) is 0 Å². The number of unbranched alkanes of at least 4 members (excludes halogenated alkanes) is 2. The molecule has 5 rings (SSSR count). The van der Waals surface area contributed by atoms with Crippen LogP contribution in [0.15, 0.2) is 42.0 Å². The average Bonchev–Trinajstić information content (AvgIpc) is 3.41. The highest BCUT2D eigenvalue weighted by Gasteiger charge is 2.66. The summed E-state index contributed by atoms with van der Waals surface area (Å²) >= 11 is 0. The number of nitrogens with one attached hydrogen (secondary N) is 2. The number of hydrogen-bond acceptors (Lipinski definition) is 8. The number of benzene rings is 1. The van der Waals surface area contributed by atoms with Gasteiger partial charge in [-0.1, -0.05) is 56.2 Å². The van der Waals surface area contributed by atoms with Gasteiger partial charge in [-0.3, -0.25) is 28.8 Å². The number of carboxylic acid groups (broad SMARTS) is 1. The molecule has 0 aromatic heterocycles. The number of aliphatic carboxylic acids is 1. The Morgan fingerprint density at radius 3 is 2.35 bits per heavy atom. The first-order valence-corrected chi connectivity index (χ1v) is 19.2. The minimum Gasteiger partial charge on any atom is -0.481 e. The molecule has 0 heterocycles. The van der Waals surface area contributed by atoms with E-state index in [-0.39, 0.29) is 60.7 Å². The van der Waals surface area contributed by atoms with Crippen molar-refractivity contribution in [3.05, 3.63) is 47.5 Å². The predicted octanol–water partition coefficient (Wildman–Crippen LogP) is 5.19. The fraction of sp³-hybridized carbons (Fsp3) is 0.659. The number of ether oxygens (including phenoxy) is 1. The summed E-state index contributed by atoms with van der Waals surface area (Å²) in [5.74, 6) is -1.60. The Kier molecular flexibility index (Phi) is 12.8. The first-order chi connectivity index (χ1) is 24.8. The van der Waals surface area contributed by atoms with Gasteiger partial charge >= 0.3 is 11.9 Å². The van der Waals surface area contributed by atoms with E-state index in [4.69, 9.17) is 4.74 Å². The molecule has 4 aliphatic carbocycles. The van der Waals surface area contributed by atoms with E-state index in [9.17, 15) is 39.0 Å². The Morgan fingerprint density at radius 1 is 0.865 bits per heavy atom. The van der Waals surface area contributed by atoms with Crippen molar-refractivity contribution in [2.45, 2.75) is 122 Å². The van der Waals surface area contributed by atoms with Gasteiger partial charge in [0.05, 0.1) is 12.8 Å². The van der Waals surface area contributed by atoms with Crippen molar-refractivity contribution in [3.8, 4) is 0 Å². The van der Waals surface area contributed by atoms with Crippen LogP contribution < -0.4 is 10.6 Å². The number of carbonyl (C=O) groups is 6. The molecule has 4 N–H and O–H groups in total. The summed E-state index contributed by atoms with van der Waals surface area (Å²) in [6, 6.07) is 9.24. The standard InChI is InChI=1S/C41H56N2O9/c1-39-19-16-30(44)24-29(39)12-13-31-32(39)17-20-40(2)33(31)18-21-41(40,51)34(45)26-52-38(50)15-14-36(47)42-22-8-4-7-11-35(46)43-25-28(23-37(48)49)27-9-5-3-6-10-27/h3,5-6,9-10,24,28,31-33,51H,4,7-8,11-23,25-26H2,1-2H3,(H,42,47)(H,43,46)(H,48,49)/t28-,31+,32+,33+,39-,40-,41-/m0/s1. The third-order valence-electron chi connectivity index (χ3n) is 13.1. The Hall–Kier alpha value is -3.86. The number of aliphatic hydroxyl groups is 1. The van der Waals surface area contributed by atoms with E-state index < -0.39 is 35.3 Å². The lowest BCUT2D eigenvalue weighted by atomic mass is 9.46. The van der Waals surface area contributed by atoms with E-state index in [2.05, 4.69) is 17.6 Å². The number of fused-ring (bicyclic) bond motifs is 5. The van der Waals surface area contributed by atoms with Gasteiger partial charge in [0.2, 0.25) is 17.6 Å². The number of esters is 1. The van der Waals surface area contributed by atoms with Gasteiger partial charge in [0.25, 0.3) is 0 Å². The zero-order valence-corrected chi connectivity index (χ0v) is 30.8. The second-order valence-electron chi connectivity index (χ2n) is 16.1. The monoisotopic (exact) mass is 720 g/mol. The largest absolute Gasteiger partial charge is 0.481 e. The molecule has 0 unspecified atom stereocenters. The molecule has 3 fully saturated rings. The summed E-state index contributed by atoms with van der Waals surface area (Å²) in [5, 5.41) is 26.7. The van der Waals surface area contributed by atoms with Crippen molar-refractivity contribution in [3.63, 3.8) is 0 Å². The van der Waals surface area contributed by atoms with Crippen LogP contribution in [0.4, 0.5) is 0 Å². The molecule has 1 aromatic carbocycles. The highest BCUT2D eigenvalue weighted by atomic mass is 16.5. The van der Waals surface area contributed by atoms with Gasteiger partial charge < -0.3 is 25.6 Å². The molecule has 2 amide bonds. The molecule has 284 valence electrons.